The lowest BCUT2D eigenvalue weighted by molar-refractivity contribution is -0.119. The molecule has 1 aromatic rings. The number of rotatable bonds is 6. The van der Waals surface area contributed by atoms with Gasteiger partial charge in [-0.25, -0.2) is 4.79 Å². The van der Waals surface area contributed by atoms with Crippen LogP contribution in [-0.4, -0.2) is 11.9 Å². The summed E-state index contributed by atoms with van der Waals surface area (Å²) in [5.74, 6) is -0.653. The van der Waals surface area contributed by atoms with Crippen LogP contribution in [0.5, 0.6) is 0 Å². The van der Waals surface area contributed by atoms with Crippen LogP contribution in [0.4, 0.5) is 4.79 Å². The molecular formula is C14H17N3O2. The van der Waals surface area contributed by atoms with E-state index in [1.54, 1.807) is 18.2 Å². The Kier molecular flexibility index (Phi) is 4.04. The Bertz CT molecular complexity index is 622. The van der Waals surface area contributed by atoms with Crippen LogP contribution in [0.15, 0.2) is 28.2 Å². The number of benzene rings is 1. The van der Waals surface area contributed by atoms with Gasteiger partial charge in [0.25, 0.3) is 0 Å². The van der Waals surface area contributed by atoms with Crippen LogP contribution in [0.3, 0.4) is 0 Å². The molecule has 1 aliphatic rings. The largest absolute Gasteiger partial charge is 0.369 e. The molecule has 1 aliphatic heterocycles. The number of unbranched alkanes of at least 4 members (excludes halogenated alkanes) is 2. The zero-order chi connectivity index (χ0) is 13.8. The molecule has 0 aliphatic carbocycles. The van der Waals surface area contributed by atoms with Gasteiger partial charge in [0.2, 0.25) is 5.91 Å². The summed E-state index contributed by atoms with van der Waals surface area (Å²) in [5, 5.41) is 1.09. The second-order valence-electron chi connectivity index (χ2n) is 4.71. The van der Waals surface area contributed by atoms with Crippen LogP contribution in [-0.2, 0) is 4.79 Å². The second kappa shape index (κ2) is 5.73. The fourth-order valence-corrected chi connectivity index (χ4v) is 2.24. The lowest BCUT2D eigenvalue weighted by Crippen LogP contribution is -2.26. The van der Waals surface area contributed by atoms with Gasteiger partial charge in [-0.2, -0.15) is 9.98 Å². The maximum Gasteiger partial charge on any atom is 0.368 e. The van der Waals surface area contributed by atoms with Gasteiger partial charge in [-0.3, -0.25) is 4.79 Å². The standard InChI is InChI=1S/C14H17N3O2/c1-2-3-4-5-10(13(15)18)9-6-7-11-12(8-9)17-14(19)16-11/h6-8,10H,2-5H2,1H3,(H2,15,18). The van der Waals surface area contributed by atoms with Crippen molar-refractivity contribution in [2.24, 2.45) is 15.7 Å². The number of carbonyl (C=O) groups is 2. The number of amides is 3. The van der Waals surface area contributed by atoms with E-state index in [4.69, 9.17) is 5.73 Å². The van der Waals surface area contributed by atoms with E-state index in [0.29, 0.717) is 10.7 Å². The highest BCUT2D eigenvalue weighted by atomic mass is 16.2. The third-order valence-electron chi connectivity index (χ3n) is 3.27. The predicted molar refractivity (Wildman–Crippen MR) is 70.2 cm³/mol. The number of hydrogen-bond acceptors (Lipinski definition) is 2. The van der Waals surface area contributed by atoms with Gasteiger partial charge in [0.15, 0.2) is 0 Å². The zero-order valence-corrected chi connectivity index (χ0v) is 10.9. The Morgan fingerprint density at radius 2 is 2.00 bits per heavy atom. The van der Waals surface area contributed by atoms with Crippen LogP contribution < -0.4 is 16.4 Å². The van der Waals surface area contributed by atoms with Crippen molar-refractivity contribution in [2.75, 3.05) is 0 Å². The molecule has 5 heteroatoms. The molecule has 0 bridgehead atoms. The summed E-state index contributed by atoms with van der Waals surface area (Å²) in [4.78, 5) is 30.2. The molecule has 3 amide bonds. The van der Waals surface area contributed by atoms with Crippen LogP contribution in [0, 0.1) is 0 Å². The molecule has 2 N–H and O–H groups in total. The Morgan fingerprint density at radius 1 is 1.26 bits per heavy atom. The smallest absolute Gasteiger partial charge is 0.368 e. The van der Waals surface area contributed by atoms with E-state index in [1.165, 1.54) is 0 Å². The normalized spacial score (nSPS) is 14.5. The summed E-state index contributed by atoms with van der Waals surface area (Å²) in [7, 11) is 0. The molecular weight excluding hydrogens is 242 g/mol. The van der Waals surface area contributed by atoms with Crippen molar-refractivity contribution in [2.45, 2.75) is 38.5 Å². The first-order chi connectivity index (χ1) is 9.11. The molecule has 19 heavy (non-hydrogen) atoms. The van der Waals surface area contributed by atoms with Crippen LogP contribution in [0.1, 0.15) is 44.1 Å². The minimum atomic E-state index is -0.492. The van der Waals surface area contributed by atoms with Gasteiger partial charge in [-0.05, 0) is 24.1 Å². The van der Waals surface area contributed by atoms with Crippen molar-refractivity contribution < 1.29 is 9.59 Å². The zero-order valence-electron chi connectivity index (χ0n) is 10.9. The first-order valence-corrected chi connectivity index (χ1v) is 6.52. The van der Waals surface area contributed by atoms with Gasteiger partial charge in [0.05, 0.1) is 16.6 Å². The lowest BCUT2D eigenvalue weighted by Gasteiger charge is -2.13. The minimum Gasteiger partial charge on any atom is -0.369 e. The van der Waals surface area contributed by atoms with Gasteiger partial charge in [0.1, 0.15) is 0 Å². The molecule has 0 aromatic heterocycles. The Balaban J connectivity index is 2.27. The van der Waals surface area contributed by atoms with Crippen LogP contribution >= 0.6 is 0 Å². The van der Waals surface area contributed by atoms with E-state index in [1.807, 2.05) is 0 Å². The molecule has 0 saturated heterocycles. The monoisotopic (exact) mass is 259 g/mol. The Morgan fingerprint density at radius 3 is 2.68 bits per heavy atom. The summed E-state index contributed by atoms with van der Waals surface area (Å²) in [5.41, 5.74) is 6.28. The maximum atomic E-state index is 11.6. The topological polar surface area (TPSA) is 84.9 Å². The highest BCUT2D eigenvalue weighted by molar-refractivity contribution is 5.82. The summed E-state index contributed by atoms with van der Waals surface area (Å²) in [6.45, 7) is 2.11. The van der Waals surface area contributed by atoms with Gasteiger partial charge in [-0.15, -0.1) is 0 Å². The first kappa shape index (κ1) is 13.4. The van der Waals surface area contributed by atoms with E-state index in [0.717, 1.165) is 31.2 Å². The maximum absolute atomic E-state index is 11.6. The fraction of sp³-hybridized carbons (Fsp3) is 0.429. The molecule has 1 heterocycles. The molecule has 0 radical (unpaired) electrons. The third-order valence-corrected chi connectivity index (χ3v) is 3.27. The highest BCUT2D eigenvalue weighted by Gasteiger charge is 2.18. The van der Waals surface area contributed by atoms with Crippen LogP contribution in [0.25, 0.3) is 0 Å². The van der Waals surface area contributed by atoms with Gasteiger partial charge in [0, 0.05) is 0 Å². The number of nitrogens with zero attached hydrogens (tertiary/aromatic N) is 2. The van der Waals surface area contributed by atoms with Crippen molar-refractivity contribution in [1.29, 1.82) is 0 Å². The summed E-state index contributed by atoms with van der Waals surface area (Å²) in [6, 6.07) is 4.77. The van der Waals surface area contributed by atoms with E-state index in [9.17, 15) is 9.59 Å². The number of hydrogen-bond donors (Lipinski definition) is 1. The average Bonchev–Trinajstić information content (AvgIpc) is 2.73. The molecule has 100 valence electrons. The fourth-order valence-electron chi connectivity index (χ4n) is 2.24. The highest BCUT2D eigenvalue weighted by Crippen LogP contribution is 2.20. The molecule has 1 unspecified atom stereocenters. The minimum absolute atomic E-state index is 0.317. The van der Waals surface area contributed by atoms with E-state index in [-0.39, 0.29) is 11.8 Å². The summed E-state index contributed by atoms with van der Waals surface area (Å²) < 4.78 is 0. The van der Waals surface area contributed by atoms with E-state index in [2.05, 4.69) is 16.9 Å². The lowest BCUT2D eigenvalue weighted by atomic mass is 9.92. The molecule has 5 nitrogen and oxygen atoms in total. The Labute approximate surface area is 111 Å². The summed E-state index contributed by atoms with van der Waals surface area (Å²) in [6.07, 6.45) is 3.86. The van der Waals surface area contributed by atoms with Crippen molar-refractivity contribution in [3.8, 4) is 0 Å². The molecule has 0 fully saturated rings. The van der Waals surface area contributed by atoms with Gasteiger partial charge in [-0.1, -0.05) is 32.3 Å². The molecule has 1 atom stereocenters. The Hall–Kier alpha value is -2.04. The predicted octanol–water partition coefficient (Wildman–Crippen LogP) is 1.21. The molecule has 0 spiro atoms. The number of nitrogens with two attached hydrogens (primary N) is 1. The van der Waals surface area contributed by atoms with E-state index >= 15 is 0 Å². The van der Waals surface area contributed by atoms with E-state index < -0.39 is 6.03 Å². The van der Waals surface area contributed by atoms with Gasteiger partial charge < -0.3 is 5.73 Å². The molecule has 0 saturated carbocycles. The second-order valence-corrected chi connectivity index (χ2v) is 4.71. The van der Waals surface area contributed by atoms with Crippen LogP contribution in [0.2, 0.25) is 0 Å². The quantitative estimate of drug-likeness (QED) is 0.778. The molecule has 2 rings (SSSR count). The van der Waals surface area contributed by atoms with Gasteiger partial charge >= 0.3 is 6.03 Å². The molecule has 1 aromatic carbocycles. The average molecular weight is 259 g/mol. The third kappa shape index (κ3) is 3.05. The number of carbonyl (C=O) groups excluding carboxylic acids is 2. The van der Waals surface area contributed by atoms with Crippen molar-refractivity contribution in [3.05, 3.63) is 34.5 Å². The van der Waals surface area contributed by atoms with Crippen molar-refractivity contribution in [3.63, 3.8) is 0 Å². The number of fused-ring (bicyclic) bond motifs is 1. The van der Waals surface area contributed by atoms with Crippen molar-refractivity contribution in [1.82, 2.24) is 0 Å². The number of urea groups is 1. The first-order valence-electron chi connectivity index (χ1n) is 6.52. The SMILES string of the molecule is CCCCCC(C(N)=O)c1ccc2c(c1)=NC(=O)N=2. The number of primary amides is 1. The van der Waals surface area contributed by atoms with Crippen molar-refractivity contribution >= 4 is 11.9 Å². The summed E-state index contributed by atoms with van der Waals surface area (Å²) >= 11 is 0.